The number of imide groups is 1. The Labute approximate surface area is 251 Å². The maximum atomic E-state index is 14.2. The third-order valence-corrected chi connectivity index (χ3v) is 11.1. The normalized spacial score (nSPS) is 25.4. The van der Waals surface area contributed by atoms with Gasteiger partial charge in [0.1, 0.15) is 0 Å². The summed E-state index contributed by atoms with van der Waals surface area (Å²) in [5.41, 5.74) is 5.11. The molecule has 4 aromatic carbocycles. The molecule has 4 aliphatic rings. The molecule has 1 heterocycles. The number of anilines is 2. The summed E-state index contributed by atoms with van der Waals surface area (Å²) in [6.07, 6.45) is 0. The molecule has 2 N–H and O–H groups in total. The number of rotatable bonds is 4. The van der Waals surface area contributed by atoms with Gasteiger partial charge in [0, 0.05) is 11.3 Å². The number of carboxylic acids is 1. The van der Waals surface area contributed by atoms with Gasteiger partial charge in [-0.3, -0.25) is 14.4 Å². The number of carbonyl (C=O) groups excluding carboxylic acids is 3. The Morgan fingerprint density at radius 2 is 1.07 bits per heavy atom. The fourth-order valence-electron chi connectivity index (χ4n) is 6.58. The Balaban J connectivity index is 1.23. The van der Waals surface area contributed by atoms with Gasteiger partial charge in [-0.05, 0) is 70.8 Å². The average Bonchev–Trinajstić information content (AvgIpc) is 3.27. The number of hydrogen-bond acceptors (Lipinski definition) is 4. The zero-order chi connectivity index (χ0) is 28.7. The molecule has 3 amide bonds. The summed E-state index contributed by atoms with van der Waals surface area (Å²) in [4.78, 5) is 53.5. The molecule has 41 heavy (non-hydrogen) atoms. The molecular formula is C32H20Br2N2O5. The quantitative estimate of drug-likeness (QED) is 0.203. The zero-order valence-corrected chi connectivity index (χ0v) is 24.3. The lowest BCUT2D eigenvalue weighted by Gasteiger charge is -2.55. The summed E-state index contributed by atoms with van der Waals surface area (Å²) in [5.74, 6) is -3.44. The van der Waals surface area contributed by atoms with E-state index in [9.17, 15) is 19.2 Å². The van der Waals surface area contributed by atoms with E-state index in [0.717, 1.165) is 22.3 Å². The van der Waals surface area contributed by atoms with Gasteiger partial charge in [-0.15, -0.1) is 0 Å². The average molecular weight is 672 g/mol. The molecule has 4 aromatic rings. The van der Waals surface area contributed by atoms with Crippen LogP contribution in [-0.2, 0) is 18.2 Å². The van der Waals surface area contributed by atoms with Crippen LogP contribution in [0, 0.1) is 11.8 Å². The second kappa shape index (κ2) is 8.96. The van der Waals surface area contributed by atoms with Gasteiger partial charge in [0.2, 0.25) is 11.8 Å². The summed E-state index contributed by atoms with van der Waals surface area (Å²) in [5, 5.41) is 11.8. The molecule has 0 aromatic heterocycles. The first-order valence-electron chi connectivity index (χ1n) is 12.9. The molecule has 0 radical (unpaired) electrons. The van der Waals surface area contributed by atoms with Gasteiger partial charge in [0.05, 0.1) is 31.7 Å². The smallest absolute Gasteiger partial charge is 0.335 e. The van der Waals surface area contributed by atoms with E-state index >= 15 is 0 Å². The van der Waals surface area contributed by atoms with Gasteiger partial charge in [-0.25, -0.2) is 9.69 Å². The van der Waals surface area contributed by atoms with Gasteiger partial charge >= 0.3 is 5.97 Å². The van der Waals surface area contributed by atoms with Crippen molar-refractivity contribution in [1.29, 1.82) is 0 Å². The van der Waals surface area contributed by atoms with Crippen molar-refractivity contribution in [2.75, 3.05) is 10.2 Å². The molecule has 3 aliphatic carbocycles. The van der Waals surface area contributed by atoms with Crippen molar-refractivity contribution in [1.82, 2.24) is 0 Å². The van der Waals surface area contributed by atoms with E-state index in [4.69, 9.17) is 5.11 Å². The van der Waals surface area contributed by atoms with E-state index in [1.807, 2.05) is 48.5 Å². The number of hydrogen-bond donors (Lipinski definition) is 2. The van der Waals surface area contributed by atoms with Crippen LogP contribution in [0.4, 0.5) is 11.4 Å². The van der Waals surface area contributed by atoms with Crippen molar-refractivity contribution in [2.24, 2.45) is 11.8 Å². The number of carboxylic acid groups (broad SMARTS) is 1. The largest absolute Gasteiger partial charge is 0.478 e. The van der Waals surface area contributed by atoms with Crippen molar-refractivity contribution in [3.05, 3.63) is 130 Å². The molecule has 1 saturated heterocycles. The Bertz CT molecular complexity index is 1680. The fraction of sp³-hybridized carbons (Fsp3) is 0.125. The Morgan fingerprint density at radius 3 is 1.49 bits per heavy atom. The highest BCUT2D eigenvalue weighted by Gasteiger charge is 2.72. The number of nitrogens with one attached hydrogen (secondary N) is 1. The van der Waals surface area contributed by atoms with E-state index < -0.39 is 32.4 Å². The number of benzene rings is 4. The van der Waals surface area contributed by atoms with Gasteiger partial charge in [0.25, 0.3) is 5.91 Å². The first-order chi connectivity index (χ1) is 19.7. The maximum absolute atomic E-state index is 14.2. The van der Waals surface area contributed by atoms with Crippen LogP contribution in [0.5, 0.6) is 0 Å². The third-order valence-electron chi connectivity index (χ3n) is 8.36. The minimum atomic E-state index is -1.05. The second-order valence-corrected chi connectivity index (χ2v) is 12.9. The lowest BCUT2D eigenvalue weighted by molar-refractivity contribution is -0.122. The summed E-state index contributed by atoms with van der Waals surface area (Å²) in [6, 6.07) is 28.0. The monoisotopic (exact) mass is 670 g/mol. The van der Waals surface area contributed by atoms with Crippen LogP contribution in [0.25, 0.3) is 0 Å². The SMILES string of the molecule is O=C(O)c1ccc(NC(=O)c2ccc(N3C(=O)[C@@H]4[C@H](C3=O)C3(Br)c5ccccc5C4(Br)c4ccccc43)cc2)cc1. The molecule has 0 spiro atoms. The number of carbonyl (C=O) groups is 4. The fourth-order valence-corrected chi connectivity index (χ4v) is 8.89. The predicted octanol–water partition coefficient (Wildman–Crippen LogP) is 6.05. The molecule has 0 unspecified atom stereocenters. The van der Waals surface area contributed by atoms with Crippen LogP contribution in [-0.4, -0.2) is 28.8 Å². The number of halogens is 2. The van der Waals surface area contributed by atoms with Crippen molar-refractivity contribution in [3.63, 3.8) is 0 Å². The molecular weight excluding hydrogens is 652 g/mol. The van der Waals surface area contributed by atoms with Crippen molar-refractivity contribution in [3.8, 4) is 0 Å². The highest BCUT2D eigenvalue weighted by Crippen LogP contribution is 2.70. The van der Waals surface area contributed by atoms with Crippen molar-refractivity contribution in [2.45, 2.75) is 8.65 Å². The van der Waals surface area contributed by atoms with E-state index in [-0.39, 0.29) is 17.4 Å². The standard InChI is InChI=1S/C32H20Br2N2O5/c33-31-21-5-1-2-6-22(21)32(34,24-8-4-3-7-23(24)31)26-25(31)28(38)36(29(26)39)20-15-11-17(12-16-20)27(37)35-19-13-9-18(10-14-19)30(40)41/h1-16,25-26H,(H,35,37)(H,40,41)/t25-,26+,31?,32?. The highest BCUT2D eigenvalue weighted by atomic mass is 79.9. The maximum Gasteiger partial charge on any atom is 0.335 e. The summed E-state index contributed by atoms with van der Waals surface area (Å²) >= 11 is 8.00. The van der Waals surface area contributed by atoms with Gasteiger partial charge in [-0.1, -0.05) is 80.4 Å². The first-order valence-corrected chi connectivity index (χ1v) is 14.5. The summed E-state index contributed by atoms with van der Waals surface area (Å²) in [6.45, 7) is 0. The van der Waals surface area contributed by atoms with Crippen molar-refractivity contribution >= 4 is 66.9 Å². The number of amides is 3. The third kappa shape index (κ3) is 3.42. The van der Waals surface area contributed by atoms with E-state index in [2.05, 4.69) is 37.2 Å². The van der Waals surface area contributed by atoms with Gasteiger partial charge < -0.3 is 10.4 Å². The first kappa shape index (κ1) is 25.9. The molecule has 7 nitrogen and oxygen atoms in total. The molecule has 202 valence electrons. The minimum Gasteiger partial charge on any atom is -0.478 e. The molecule has 1 aliphatic heterocycles. The van der Waals surface area contributed by atoms with Gasteiger partial charge in [0.15, 0.2) is 0 Å². The molecule has 8 rings (SSSR count). The van der Waals surface area contributed by atoms with E-state index in [1.165, 1.54) is 29.2 Å². The number of nitrogens with zero attached hydrogens (tertiary/aromatic N) is 1. The molecule has 0 saturated carbocycles. The van der Waals surface area contributed by atoms with Crippen molar-refractivity contribution < 1.29 is 24.3 Å². The second-order valence-electron chi connectivity index (χ2n) is 10.4. The number of aromatic carboxylic acids is 1. The lowest BCUT2D eigenvalue weighted by Crippen LogP contribution is -2.56. The topological polar surface area (TPSA) is 104 Å². The zero-order valence-electron chi connectivity index (χ0n) is 21.2. The Morgan fingerprint density at radius 1 is 0.659 bits per heavy atom. The minimum absolute atomic E-state index is 0.114. The highest BCUT2D eigenvalue weighted by molar-refractivity contribution is 9.10. The van der Waals surface area contributed by atoms with Crippen LogP contribution in [0.15, 0.2) is 97.1 Å². The van der Waals surface area contributed by atoms with Gasteiger partial charge in [-0.2, -0.15) is 0 Å². The summed E-state index contributed by atoms with van der Waals surface area (Å²) in [7, 11) is 0. The van der Waals surface area contributed by atoms with Crippen LogP contribution in [0.3, 0.4) is 0 Å². The molecule has 2 atom stereocenters. The van der Waals surface area contributed by atoms with Crippen LogP contribution in [0.2, 0.25) is 0 Å². The Hall–Kier alpha value is -4.08. The van der Waals surface area contributed by atoms with E-state index in [1.54, 1.807) is 24.3 Å². The Kier molecular flexibility index (Phi) is 5.65. The predicted molar refractivity (Wildman–Crippen MR) is 160 cm³/mol. The van der Waals surface area contributed by atoms with Crippen LogP contribution >= 0.6 is 31.9 Å². The molecule has 9 heteroatoms. The summed E-state index contributed by atoms with van der Waals surface area (Å²) < 4.78 is -1.75. The molecule has 2 bridgehead atoms. The van der Waals surface area contributed by atoms with Crippen LogP contribution < -0.4 is 10.2 Å². The van der Waals surface area contributed by atoms with E-state index in [0.29, 0.717) is 16.9 Å². The number of alkyl halides is 2. The lowest BCUT2D eigenvalue weighted by atomic mass is 9.54. The van der Waals surface area contributed by atoms with Crippen LogP contribution in [0.1, 0.15) is 43.0 Å². The molecule has 1 fully saturated rings.